The van der Waals surface area contributed by atoms with Gasteiger partial charge in [-0.1, -0.05) is 17.7 Å². The Morgan fingerprint density at radius 2 is 2.21 bits per heavy atom. The molecule has 2 rings (SSSR count). The lowest BCUT2D eigenvalue weighted by Crippen LogP contribution is -2.29. The van der Waals surface area contributed by atoms with Crippen molar-refractivity contribution in [3.05, 3.63) is 33.3 Å². The van der Waals surface area contributed by atoms with Crippen molar-refractivity contribution >= 4 is 27.5 Å². The summed E-state index contributed by atoms with van der Waals surface area (Å²) in [6.07, 6.45) is 2.51. The van der Waals surface area contributed by atoms with Gasteiger partial charge >= 0.3 is 0 Å². The van der Waals surface area contributed by atoms with E-state index >= 15 is 0 Å². The van der Waals surface area contributed by atoms with Crippen molar-refractivity contribution in [2.24, 2.45) is 11.8 Å². The molecule has 3 N–H and O–H groups in total. The second-order valence-corrected chi connectivity index (χ2v) is 4.92. The zero-order valence-corrected chi connectivity index (χ0v) is 9.98. The van der Waals surface area contributed by atoms with E-state index in [-0.39, 0.29) is 6.04 Å². The Morgan fingerprint density at radius 3 is 2.71 bits per heavy atom. The molecule has 76 valence electrons. The van der Waals surface area contributed by atoms with Gasteiger partial charge in [0.25, 0.3) is 0 Å². The average Bonchev–Trinajstić information content (AvgIpc) is 2.96. The molecule has 0 amide bonds. The standard InChI is InChI=1S/C10H12BrClN2/c11-8-4-3-7(5-9(8)12)10(14-13)6-1-2-6/h3-6,10,14H,1-2,13H2. The number of nitrogens with one attached hydrogen (secondary N) is 1. The first-order valence-electron chi connectivity index (χ1n) is 4.63. The van der Waals surface area contributed by atoms with Crippen LogP contribution in [0.15, 0.2) is 22.7 Å². The molecule has 2 nitrogen and oxygen atoms in total. The smallest absolute Gasteiger partial charge is 0.0551 e. The molecule has 1 aliphatic rings. The maximum Gasteiger partial charge on any atom is 0.0551 e. The van der Waals surface area contributed by atoms with Crippen molar-refractivity contribution in [1.82, 2.24) is 5.43 Å². The van der Waals surface area contributed by atoms with Crippen molar-refractivity contribution in [2.75, 3.05) is 0 Å². The first-order valence-corrected chi connectivity index (χ1v) is 5.80. The van der Waals surface area contributed by atoms with Gasteiger partial charge in [-0.25, -0.2) is 0 Å². The van der Waals surface area contributed by atoms with Crippen molar-refractivity contribution < 1.29 is 0 Å². The van der Waals surface area contributed by atoms with Gasteiger partial charge in [0.15, 0.2) is 0 Å². The number of hydrogen-bond acceptors (Lipinski definition) is 2. The van der Waals surface area contributed by atoms with E-state index in [1.807, 2.05) is 12.1 Å². The van der Waals surface area contributed by atoms with Crippen LogP contribution in [0.25, 0.3) is 0 Å². The minimum absolute atomic E-state index is 0.251. The molecule has 1 fully saturated rings. The molecule has 1 unspecified atom stereocenters. The van der Waals surface area contributed by atoms with Gasteiger partial charge in [-0.15, -0.1) is 0 Å². The number of benzene rings is 1. The van der Waals surface area contributed by atoms with Gasteiger partial charge < -0.3 is 0 Å². The Morgan fingerprint density at radius 1 is 1.50 bits per heavy atom. The molecule has 14 heavy (non-hydrogen) atoms. The highest BCUT2D eigenvalue weighted by atomic mass is 79.9. The minimum Gasteiger partial charge on any atom is -0.271 e. The lowest BCUT2D eigenvalue weighted by atomic mass is 10.0. The molecule has 0 radical (unpaired) electrons. The predicted molar refractivity (Wildman–Crippen MR) is 61.9 cm³/mol. The first kappa shape index (κ1) is 10.4. The summed E-state index contributed by atoms with van der Waals surface area (Å²) in [5.74, 6) is 6.21. The van der Waals surface area contributed by atoms with E-state index in [0.29, 0.717) is 5.92 Å². The van der Waals surface area contributed by atoms with Gasteiger partial charge in [0, 0.05) is 10.5 Å². The molecule has 1 aliphatic carbocycles. The Bertz CT molecular complexity index is 339. The van der Waals surface area contributed by atoms with E-state index in [4.69, 9.17) is 17.4 Å². The number of nitrogens with two attached hydrogens (primary N) is 1. The topological polar surface area (TPSA) is 38.0 Å². The molecule has 0 aromatic heterocycles. The normalized spacial score (nSPS) is 18.2. The Kier molecular flexibility index (Phi) is 3.12. The fourth-order valence-corrected chi connectivity index (χ4v) is 2.08. The van der Waals surface area contributed by atoms with Gasteiger partial charge in [-0.05, 0) is 52.4 Å². The summed E-state index contributed by atoms with van der Waals surface area (Å²) in [6.45, 7) is 0. The highest BCUT2D eigenvalue weighted by Gasteiger charge is 2.31. The van der Waals surface area contributed by atoms with Crippen LogP contribution >= 0.6 is 27.5 Å². The van der Waals surface area contributed by atoms with E-state index in [0.717, 1.165) is 9.50 Å². The second-order valence-electron chi connectivity index (χ2n) is 3.66. The van der Waals surface area contributed by atoms with E-state index in [1.54, 1.807) is 0 Å². The van der Waals surface area contributed by atoms with E-state index in [9.17, 15) is 0 Å². The minimum atomic E-state index is 0.251. The zero-order chi connectivity index (χ0) is 10.1. The van der Waals surface area contributed by atoms with Crippen molar-refractivity contribution in [3.63, 3.8) is 0 Å². The highest BCUT2D eigenvalue weighted by Crippen LogP contribution is 2.41. The Labute approximate surface area is 96.9 Å². The number of hydrogen-bond donors (Lipinski definition) is 2. The zero-order valence-electron chi connectivity index (χ0n) is 7.63. The molecule has 1 aromatic rings. The maximum atomic E-state index is 6.02. The van der Waals surface area contributed by atoms with Crippen molar-refractivity contribution in [2.45, 2.75) is 18.9 Å². The van der Waals surface area contributed by atoms with Crippen molar-refractivity contribution in [1.29, 1.82) is 0 Å². The van der Waals surface area contributed by atoms with Crippen LogP contribution in [0.4, 0.5) is 0 Å². The quantitative estimate of drug-likeness (QED) is 0.657. The van der Waals surface area contributed by atoms with E-state index in [2.05, 4.69) is 27.4 Å². The van der Waals surface area contributed by atoms with Crippen LogP contribution in [0.2, 0.25) is 5.02 Å². The summed E-state index contributed by atoms with van der Waals surface area (Å²) >= 11 is 9.39. The average molecular weight is 276 g/mol. The van der Waals surface area contributed by atoms with Crippen LogP contribution in [0.5, 0.6) is 0 Å². The van der Waals surface area contributed by atoms with Crippen LogP contribution in [-0.2, 0) is 0 Å². The molecule has 0 bridgehead atoms. The summed E-state index contributed by atoms with van der Waals surface area (Å²) in [4.78, 5) is 0. The molecule has 0 heterocycles. The molecule has 0 spiro atoms. The predicted octanol–water partition coefficient (Wildman–Crippen LogP) is 3.02. The molecule has 4 heteroatoms. The highest BCUT2D eigenvalue weighted by molar-refractivity contribution is 9.10. The molecule has 0 aliphatic heterocycles. The SMILES string of the molecule is NNC(c1ccc(Br)c(Cl)c1)C1CC1. The number of hydrazine groups is 1. The number of halogens is 2. The molecule has 1 aromatic carbocycles. The van der Waals surface area contributed by atoms with Crippen LogP contribution < -0.4 is 11.3 Å². The van der Waals surface area contributed by atoms with Gasteiger partial charge in [0.2, 0.25) is 0 Å². The van der Waals surface area contributed by atoms with Crippen LogP contribution in [0.3, 0.4) is 0 Å². The third kappa shape index (κ3) is 2.11. The lowest BCUT2D eigenvalue weighted by Gasteiger charge is -2.15. The fourth-order valence-electron chi connectivity index (χ4n) is 1.64. The largest absolute Gasteiger partial charge is 0.271 e. The molecular formula is C10H12BrClN2. The fraction of sp³-hybridized carbons (Fsp3) is 0.400. The van der Waals surface area contributed by atoms with Crippen molar-refractivity contribution in [3.8, 4) is 0 Å². The summed E-state index contributed by atoms with van der Waals surface area (Å²) in [7, 11) is 0. The summed E-state index contributed by atoms with van der Waals surface area (Å²) < 4.78 is 0.925. The van der Waals surface area contributed by atoms with E-state index in [1.165, 1.54) is 18.4 Å². The maximum absolute atomic E-state index is 6.02. The summed E-state index contributed by atoms with van der Waals surface area (Å²) in [5.41, 5.74) is 4.02. The van der Waals surface area contributed by atoms with Crippen LogP contribution in [0.1, 0.15) is 24.4 Å². The second kappa shape index (κ2) is 4.19. The molecular weight excluding hydrogens is 263 g/mol. The first-order chi connectivity index (χ1) is 6.72. The van der Waals surface area contributed by atoms with E-state index < -0.39 is 0 Å². The lowest BCUT2D eigenvalue weighted by molar-refractivity contribution is 0.497. The molecule has 0 saturated heterocycles. The molecule has 1 saturated carbocycles. The summed E-state index contributed by atoms with van der Waals surface area (Å²) in [5, 5.41) is 0.739. The molecule has 1 atom stereocenters. The third-order valence-corrected chi connectivity index (χ3v) is 3.81. The summed E-state index contributed by atoms with van der Waals surface area (Å²) in [6, 6.07) is 6.23. The monoisotopic (exact) mass is 274 g/mol. The van der Waals surface area contributed by atoms with Gasteiger partial charge in [-0.3, -0.25) is 11.3 Å². The van der Waals surface area contributed by atoms with Crippen LogP contribution in [-0.4, -0.2) is 0 Å². The third-order valence-electron chi connectivity index (χ3n) is 2.58. The van der Waals surface area contributed by atoms with Crippen LogP contribution in [0, 0.1) is 5.92 Å². The van der Waals surface area contributed by atoms with Gasteiger partial charge in [0.1, 0.15) is 0 Å². The van der Waals surface area contributed by atoms with Gasteiger partial charge in [-0.2, -0.15) is 0 Å². The Balaban J connectivity index is 2.25. The van der Waals surface area contributed by atoms with Gasteiger partial charge in [0.05, 0.1) is 5.02 Å². The Hall–Kier alpha value is -0.0900. The number of rotatable bonds is 3.